The Balaban J connectivity index is 2.41. The Labute approximate surface area is 104 Å². The van der Waals surface area contributed by atoms with Crippen molar-refractivity contribution >= 4 is 5.69 Å². The molecule has 1 atom stereocenters. The number of hydrogen-bond acceptors (Lipinski definition) is 2. The number of nitrogens with one attached hydrogen (secondary N) is 2. The molecule has 0 radical (unpaired) electrons. The molecule has 0 spiro atoms. The third-order valence-electron chi connectivity index (χ3n) is 2.59. The lowest BCUT2D eigenvalue weighted by Gasteiger charge is -2.15. The average Bonchev–Trinajstić information content (AvgIpc) is 2.93. The first kappa shape index (κ1) is 13.3. The molecule has 0 fully saturated rings. The van der Waals surface area contributed by atoms with Crippen LogP contribution in [0.3, 0.4) is 0 Å². The van der Waals surface area contributed by atoms with Crippen molar-refractivity contribution in [2.45, 2.75) is 13.0 Å². The van der Waals surface area contributed by atoms with Crippen molar-refractivity contribution in [1.29, 1.82) is 0 Å². The van der Waals surface area contributed by atoms with Crippen LogP contribution in [0, 0.1) is 29.1 Å². The molecule has 2 rings (SSSR count). The molecule has 2 aromatic rings. The van der Waals surface area contributed by atoms with Gasteiger partial charge in [0, 0.05) is 11.8 Å². The van der Waals surface area contributed by atoms with E-state index in [1.54, 1.807) is 0 Å². The fourth-order valence-corrected chi connectivity index (χ4v) is 1.53. The van der Waals surface area contributed by atoms with Gasteiger partial charge in [-0.25, -0.2) is 22.0 Å². The highest BCUT2D eigenvalue weighted by Crippen LogP contribution is 2.29. The molecule has 1 heterocycles. The Bertz CT molecular complexity index is 568. The SMILES string of the molecule is CC(Nc1c(F)c(F)c(F)c(F)c1F)c1cn[nH]c1. The predicted molar refractivity (Wildman–Crippen MR) is 56.9 cm³/mol. The highest BCUT2D eigenvalue weighted by Gasteiger charge is 2.26. The minimum atomic E-state index is -2.18. The number of aromatic nitrogens is 2. The van der Waals surface area contributed by atoms with E-state index in [-0.39, 0.29) is 0 Å². The topological polar surface area (TPSA) is 40.7 Å². The van der Waals surface area contributed by atoms with Gasteiger partial charge in [0.2, 0.25) is 5.82 Å². The molecule has 0 aliphatic heterocycles. The van der Waals surface area contributed by atoms with Crippen molar-refractivity contribution in [3.63, 3.8) is 0 Å². The lowest BCUT2D eigenvalue weighted by Crippen LogP contribution is -2.13. The Morgan fingerprint density at radius 3 is 2.00 bits per heavy atom. The molecule has 0 amide bonds. The van der Waals surface area contributed by atoms with Gasteiger partial charge < -0.3 is 5.32 Å². The van der Waals surface area contributed by atoms with E-state index in [9.17, 15) is 22.0 Å². The van der Waals surface area contributed by atoms with E-state index in [1.165, 1.54) is 19.3 Å². The first-order valence-corrected chi connectivity index (χ1v) is 5.20. The molecule has 0 aliphatic carbocycles. The largest absolute Gasteiger partial charge is 0.373 e. The number of halogens is 5. The van der Waals surface area contributed by atoms with Gasteiger partial charge in [0.1, 0.15) is 5.69 Å². The Kier molecular flexibility index (Phi) is 3.41. The third-order valence-corrected chi connectivity index (χ3v) is 2.59. The van der Waals surface area contributed by atoms with Crippen LogP contribution in [0.4, 0.5) is 27.6 Å². The van der Waals surface area contributed by atoms with Gasteiger partial charge in [0.25, 0.3) is 0 Å². The smallest absolute Gasteiger partial charge is 0.200 e. The maximum absolute atomic E-state index is 13.4. The van der Waals surface area contributed by atoms with Crippen LogP contribution in [-0.2, 0) is 0 Å². The van der Waals surface area contributed by atoms with Gasteiger partial charge in [-0.3, -0.25) is 5.10 Å². The molecule has 0 saturated carbocycles. The summed E-state index contributed by atoms with van der Waals surface area (Å²) in [5, 5.41) is 8.32. The summed E-state index contributed by atoms with van der Waals surface area (Å²) in [5.74, 6) is -9.95. The fraction of sp³-hybridized carbons (Fsp3) is 0.182. The van der Waals surface area contributed by atoms with Crippen LogP contribution in [0.15, 0.2) is 12.4 Å². The van der Waals surface area contributed by atoms with Crippen LogP contribution in [0.2, 0.25) is 0 Å². The van der Waals surface area contributed by atoms with E-state index in [4.69, 9.17) is 0 Å². The zero-order chi connectivity index (χ0) is 14.2. The van der Waals surface area contributed by atoms with Crippen LogP contribution in [-0.4, -0.2) is 10.2 Å². The maximum Gasteiger partial charge on any atom is 0.200 e. The summed E-state index contributed by atoms with van der Waals surface area (Å²) in [4.78, 5) is 0. The van der Waals surface area contributed by atoms with Gasteiger partial charge in [-0.1, -0.05) is 0 Å². The van der Waals surface area contributed by atoms with E-state index < -0.39 is 40.8 Å². The number of nitrogens with zero attached hydrogens (tertiary/aromatic N) is 1. The van der Waals surface area contributed by atoms with Gasteiger partial charge in [0.15, 0.2) is 23.3 Å². The molecule has 3 nitrogen and oxygen atoms in total. The Morgan fingerprint density at radius 2 is 1.53 bits per heavy atom. The van der Waals surface area contributed by atoms with E-state index in [2.05, 4.69) is 15.5 Å². The molecular formula is C11H8F5N3. The predicted octanol–water partition coefficient (Wildman–Crippen LogP) is 3.28. The second-order valence-electron chi connectivity index (χ2n) is 3.84. The van der Waals surface area contributed by atoms with Crippen molar-refractivity contribution in [3.8, 4) is 0 Å². The number of benzene rings is 1. The van der Waals surface area contributed by atoms with Crippen LogP contribution in [0.5, 0.6) is 0 Å². The number of hydrogen-bond donors (Lipinski definition) is 2. The highest BCUT2D eigenvalue weighted by atomic mass is 19.2. The first-order valence-electron chi connectivity index (χ1n) is 5.20. The van der Waals surface area contributed by atoms with Crippen molar-refractivity contribution in [2.75, 3.05) is 5.32 Å². The molecule has 1 unspecified atom stereocenters. The van der Waals surface area contributed by atoms with Crippen LogP contribution in [0.1, 0.15) is 18.5 Å². The lowest BCUT2D eigenvalue weighted by atomic mass is 10.1. The van der Waals surface area contributed by atoms with Crippen molar-refractivity contribution in [3.05, 3.63) is 47.0 Å². The van der Waals surface area contributed by atoms with E-state index in [0.717, 1.165) is 0 Å². The molecule has 102 valence electrons. The first-order chi connectivity index (χ1) is 8.93. The molecule has 19 heavy (non-hydrogen) atoms. The number of aromatic amines is 1. The summed E-state index contributed by atoms with van der Waals surface area (Å²) in [6, 6.07) is -0.688. The second kappa shape index (κ2) is 4.87. The quantitative estimate of drug-likeness (QED) is 0.513. The molecule has 0 bridgehead atoms. The summed E-state index contributed by atoms with van der Waals surface area (Å²) in [6.45, 7) is 1.49. The molecule has 0 aliphatic rings. The van der Waals surface area contributed by atoms with Gasteiger partial charge in [0.05, 0.1) is 12.2 Å². The summed E-state index contributed by atoms with van der Waals surface area (Å²) in [7, 11) is 0. The summed E-state index contributed by atoms with van der Waals surface area (Å²) in [6.07, 6.45) is 2.80. The molecule has 2 N–H and O–H groups in total. The third kappa shape index (κ3) is 2.25. The lowest BCUT2D eigenvalue weighted by molar-refractivity contribution is 0.381. The molecule has 1 aromatic heterocycles. The Morgan fingerprint density at radius 1 is 1.00 bits per heavy atom. The molecule has 1 aromatic carbocycles. The fourth-order valence-electron chi connectivity index (χ4n) is 1.53. The minimum Gasteiger partial charge on any atom is -0.373 e. The van der Waals surface area contributed by atoms with Gasteiger partial charge in [-0.15, -0.1) is 0 Å². The standard InChI is InChI=1S/C11H8F5N3/c1-4(5-2-17-18-3-5)19-11-9(15)7(13)6(12)8(14)10(11)16/h2-4,19H,1H3,(H,17,18). The summed E-state index contributed by atoms with van der Waals surface area (Å²) < 4.78 is 65.6. The van der Waals surface area contributed by atoms with Crippen LogP contribution in [0.25, 0.3) is 0 Å². The van der Waals surface area contributed by atoms with Crippen LogP contribution >= 0.6 is 0 Å². The van der Waals surface area contributed by atoms with Gasteiger partial charge in [-0.05, 0) is 6.92 Å². The van der Waals surface area contributed by atoms with Crippen molar-refractivity contribution < 1.29 is 22.0 Å². The highest BCUT2D eigenvalue weighted by molar-refractivity contribution is 5.49. The molecule has 8 heteroatoms. The average molecular weight is 277 g/mol. The van der Waals surface area contributed by atoms with Crippen molar-refractivity contribution in [2.24, 2.45) is 0 Å². The molecule has 0 saturated heterocycles. The number of H-pyrrole nitrogens is 1. The maximum atomic E-state index is 13.4. The minimum absolute atomic E-state index is 0.504. The number of rotatable bonds is 3. The zero-order valence-corrected chi connectivity index (χ0v) is 9.57. The van der Waals surface area contributed by atoms with Crippen molar-refractivity contribution in [1.82, 2.24) is 10.2 Å². The normalized spacial score (nSPS) is 12.5. The molecular weight excluding hydrogens is 269 g/mol. The van der Waals surface area contributed by atoms with E-state index in [0.29, 0.717) is 5.56 Å². The van der Waals surface area contributed by atoms with E-state index in [1.807, 2.05) is 0 Å². The summed E-state index contributed by atoms with van der Waals surface area (Å²) in [5.41, 5.74) is -0.561. The zero-order valence-electron chi connectivity index (χ0n) is 9.57. The summed E-state index contributed by atoms with van der Waals surface area (Å²) >= 11 is 0. The van der Waals surface area contributed by atoms with Gasteiger partial charge >= 0.3 is 0 Å². The monoisotopic (exact) mass is 277 g/mol. The van der Waals surface area contributed by atoms with Gasteiger partial charge in [-0.2, -0.15) is 5.10 Å². The van der Waals surface area contributed by atoms with Crippen LogP contribution < -0.4 is 5.32 Å². The Hall–Kier alpha value is -2.12. The van der Waals surface area contributed by atoms with E-state index >= 15 is 0 Å². The second-order valence-corrected chi connectivity index (χ2v) is 3.84. The number of anilines is 1.